The highest BCUT2D eigenvalue weighted by Gasteiger charge is 2.10. The molecule has 5 heteroatoms. The van der Waals surface area contributed by atoms with Crippen LogP contribution in [-0.2, 0) is 13.0 Å². The minimum Gasteiger partial charge on any atom is -0.352 e. The van der Waals surface area contributed by atoms with E-state index in [1.807, 2.05) is 6.07 Å². The Labute approximate surface area is 171 Å². The van der Waals surface area contributed by atoms with Gasteiger partial charge in [0.2, 0.25) is 0 Å². The number of rotatable bonds is 10. The number of aryl methyl sites for hydroxylation is 2. The Morgan fingerprint density at radius 3 is 2.61 bits per heavy atom. The second-order valence-corrected chi connectivity index (χ2v) is 7.53. The number of aromatic nitrogens is 2. The maximum atomic E-state index is 12.1. The van der Waals surface area contributed by atoms with E-state index in [9.17, 15) is 4.79 Å². The Morgan fingerprint density at radius 2 is 1.82 bits per heavy atom. The summed E-state index contributed by atoms with van der Waals surface area (Å²) < 4.78 is 2.38. The third-order valence-corrected chi connectivity index (χ3v) is 5.19. The molecule has 0 fully saturated rings. The predicted octanol–water partition coefficient (Wildman–Crippen LogP) is 5.63. The Hall–Kier alpha value is -2.33. The minimum absolute atomic E-state index is 0.0435. The first-order valence-corrected chi connectivity index (χ1v) is 10.5. The van der Waals surface area contributed by atoms with Gasteiger partial charge in [-0.2, -0.15) is 0 Å². The third kappa shape index (κ3) is 5.35. The van der Waals surface area contributed by atoms with E-state index in [2.05, 4.69) is 35.0 Å². The maximum absolute atomic E-state index is 12.1. The molecule has 1 heterocycles. The van der Waals surface area contributed by atoms with Gasteiger partial charge in [-0.05, 0) is 55.7 Å². The molecule has 3 aromatic rings. The lowest BCUT2D eigenvalue weighted by atomic mass is 10.1. The number of nitrogens with zero attached hydrogens (tertiary/aromatic N) is 2. The standard InChI is InChI=1S/C23H28ClN3O/c1-2-3-17-27-21-10-7-6-9-20(21)26-22(27)11-5-4-8-16-25-23(28)18-12-14-19(24)15-13-18/h6-7,9-10,12-15H,2-5,8,11,16-17H2,1H3,(H,25,28). The molecule has 0 unspecified atom stereocenters. The topological polar surface area (TPSA) is 46.9 Å². The van der Waals surface area contributed by atoms with Gasteiger partial charge in [-0.25, -0.2) is 4.98 Å². The second-order valence-electron chi connectivity index (χ2n) is 7.10. The van der Waals surface area contributed by atoms with Gasteiger partial charge in [-0.15, -0.1) is 0 Å². The van der Waals surface area contributed by atoms with Gasteiger partial charge < -0.3 is 9.88 Å². The first-order valence-electron chi connectivity index (χ1n) is 10.2. The van der Waals surface area contributed by atoms with Crippen molar-refractivity contribution in [1.29, 1.82) is 0 Å². The number of unbranched alkanes of at least 4 members (excludes halogenated alkanes) is 3. The number of hydrogen-bond acceptors (Lipinski definition) is 2. The summed E-state index contributed by atoms with van der Waals surface area (Å²) in [5.41, 5.74) is 2.97. The van der Waals surface area contributed by atoms with Gasteiger partial charge in [0.05, 0.1) is 11.0 Å². The molecule has 0 spiro atoms. The van der Waals surface area contributed by atoms with Crippen LogP contribution in [0.2, 0.25) is 5.02 Å². The summed E-state index contributed by atoms with van der Waals surface area (Å²) >= 11 is 5.85. The van der Waals surface area contributed by atoms with Crippen molar-refractivity contribution in [1.82, 2.24) is 14.9 Å². The van der Waals surface area contributed by atoms with Crippen LogP contribution in [0.4, 0.5) is 0 Å². The Kier molecular flexibility index (Phi) is 7.49. The minimum atomic E-state index is -0.0435. The lowest BCUT2D eigenvalue weighted by Gasteiger charge is -2.09. The summed E-state index contributed by atoms with van der Waals surface area (Å²) in [5.74, 6) is 1.14. The van der Waals surface area contributed by atoms with Crippen molar-refractivity contribution in [3.8, 4) is 0 Å². The van der Waals surface area contributed by atoms with Crippen molar-refractivity contribution in [3.63, 3.8) is 0 Å². The summed E-state index contributed by atoms with van der Waals surface area (Å²) in [4.78, 5) is 16.9. The number of carbonyl (C=O) groups is 1. The van der Waals surface area contributed by atoms with Crippen LogP contribution in [0.1, 0.15) is 55.2 Å². The number of fused-ring (bicyclic) bond motifs is 1. The quantitative estimate of drug-likeness (QED) is 0.450. The summed E-state index contributed by atoms with van der Waals surface area (Å²) in [6, 6.07) is 15.4. The van der Waals surface area contributed by atoms with E-state index in [0.717, 1.165) is 37.7 Å². The Morgan fingerprint density at radius 1 is 1.04 bits per heavy atom. The largest absolute Gasteiger partial charge is 0.352 e. The number of carbonyl (C=O) groups excluding carboxylic acids is 1. The fourth-order valence-corrected chi connectivity index (χ4v) is 3.50. The smallest absolute Gasteiger partial charge is 0.251 e. The van der Waals surface area contributed by atoms with Crippen LogP contribution < -0.4 is 5.32 Å². The van der Waals surface area contributed by atoms with E-state index in [0.29, 0.717) is 17.1 Å². The van der Waals surface area contributed by atoms with Gasteiger partial charge in [-0.1, -0.05) is 43.5 Å². The highest BCUT2D eigenvalue weighted by molar-refractivity contribution is 6.30. The lowest BCUT2D eigenvalue weighted by Crippen LogP contribution is -2.24. The van der Waals surface area contributed by atoms with E-state index in [4.69, 9.17) is 16.6 Å². The molecule has 1 aromatic heterocycles. The van der Waals surface area contributed by atoms with Crippen LogP contribution in [0.25, 0.3) is 11.0 Å². The number of amides is 1. The van der Waals surface area contributed by atoms with Crippen LogP contribution in [-0.4, -0.2) is 22.0 Å². The Bertz CT molecular complexity index is 902. The van der Waals surface area contributed by atoms with Crippen molar-refractivity contribution in [2.75, 3.05) is 6.54 Å². The lowest BCUT2D eigenvalue weighted by molar-refractivity contribution is 0.0953. The number of benzene rings is 2. The van der Waals surface area contributed by atoms with Crippen molar-refractivity contribution in [2.24, 2.45) is 0 Å². The van der Waals surface area contributed by atoms with E-state index in [1.54, 1.807) is 24.3 Å². The molecule has 0 aliphatic heterocycles. The molecular formula is C23H28ClN3O. The second kappa shape index (κ2) is 10.3. The third-order valence-electron chi connectivity index (χ3n) is 4.94. The first-order chi connectivity index (χ1) is 13.7. The van der Waals surface area contributed by atoms with Crippen molar-refractivity contribution < 1.29 is 4.79 Å². The van der Waals surface area contributed by atoms with Crippen molar-refractivity contribution in [2.45, 2.75) is 52.0 Å². The number of hydrogen-bond donors (Lipinski definition) is 1. The molecule has 0 bridgehead atoms. The molecule has 0 aliphatic rings. The number of halogens is 1. The number of imidazole rings is 1. The van der Waals surface area contributed by atoms with Crippen LogP contribution in [0.3, 0.4) is 0 Å². The molecule has 0 saturated carbocycles. The van der Waals surface area contributed by atoms with Gasteiger partial charge >= 0.3 is 0 Å². The van der Waals surface area contributed by atoms with E-state index < -0.39 is 0 Å². The number of para-hydroxylation sites is 2. The average Bonchev–Trinajstić information content (AvgIpc) is 3.06. The predicted molar refractivity (Wildman–Crippen MR) is 116 cm³/mol. The molecule has 0 radical (unpaired) electrons. The van der Waals surface area contributed by atoms with Gasteiger partial charge in [0, 0.05) is 30.1 Å². The highest BCUT2D eigenvalue weighted by Crippen LogP contribution is 2.18. The SMILES string of the molecule is CCCCn1c(CCCCCNC(=O)c2ccc(Cl)cc2)nc2ccccc21. The van der Waals surface area contributed by atoms with Crippen LogP contribution >= 0.6 is 11.6 Å². The molecule has 4 nitrogen and oxygen atoms in total. The summed E-state index contributed by atoms with van der Waals surface area (Å²) in [7, 11) is 0. The van der Waals surface area contributed by atoms with E-state index >= 15 is 0 Å². The van der Waals surface area contributed by atoms with Crippen molar-refractivity contribution >= 4 is 28.5 Å². The normalized spacial score (nSPS) is 11.1. The summed E-state index contributed by atoms with van der Waals surface area (Å²) in [5, 5.41) is 3.62. The molecule has 1 N–H and O–H groups in total. The highest BCUT2D eigenvalue weighted by atomic mass is 35.5. The molecule has 28 heavy (non-hydrogen) atoms. The molecule has 1 amide bonds. The molecule has 0 saturated heterocycles. The molecule has 148 valence electrons. The zero-order valence-corrected chi connectivity index (χ0v) is 17.2. The molecule has 2 aromatic carbocycles. The zero-order chi connectivity index (χ0) is 19.8. The summed E-state index contributed by atoms with van der Waals surface area (Å²) in [6.07, 6.45) is 6.44. The molecule has 3 rings (SSSR count). The van der Waals surface area contributed by atoms with E-state index in [1.165, 1.54) is 24.2 Å². The fourth-order valence-electron chi connectivity index (χ4n) is 3.37. The van der Waals surface area contributed by atoms with Crippen molar-refractivity contribution in [3.05, 3.63) is 64.9 Å². The van der Waals surface area contributed by atoms with E-state index in [-0.39, 0.29) is 5.91 Å². The zero-order valence-electron chi connectivity index (χ0n) is 16.5. The molecule has 0 aliphatic carbocycles. The molecular weight excluding hydrogens is 370 g/mol. The van der Waals surface area contributed by atoms with Crippen LogP contribution in [0, 0.1) is 0 Å². The van der Waals surface area contributed by atoms with Crippen LogP contribution in [0.15, 0.2) is 48.5 Å². The Balaban J connectivity index is 1.45. The monoisotopic (exact) mass is 397 g/mol. The van der Waals surface area contributed by atoms with Gasteiger partial charge in [0.15, 0.2) is 0 Å². The first kappa shape index (κ1) is 20.4. The molecule has 0 atom stereocenters. The average molecular weight is 398 g/mol. The van der Waals surface area contributed by atoms with Gasteiger partial charge in [-0.3, -0.25) is 4.79 Å². The fraction of sp³-hybridized carbons (Fsp3) is 0.391. The summed E-state index contributed by atoms with van der Waals surface area (Å²) in [6.45, 7) is 3.94. The van der Waals surface area contributed by atoms with Gasteiger partial charge in [0.25, 0.3) is 5.91 Å². The number of nitrogens with one attached hydrogen (secondary N) is 1. The maximum Gasteiger partial charge on any atom is 0.251 e. The van der Waals surface area contributed by atoms with Crippen LogP contribution in [0.5, 0.6) is 0 Å². The van der Waals surface area contributed by atoms with Gasteiger partial charge in [0.1, 0.15) is 5.82 Å².